The highest BCUT2D eigenvalue weighted by Gasteiger charge is 1.97. The zero-order valence-corrected chi connectivity index (χ0v) is 8.80. The molecule has 0 spiro atoms. The second-order valence-corrected chi connectivity index (χ2v) is 3.68. The molecule has 13 heavy (non-hydrogen) atoms. The van der Waals surface area contributed by atoms with E-state index in [4.69, 9.17) is 0 Å². The number of nitrogens with one attached hydrogen (secondary N) is 1. The molecule has 1 aromatic carbocycles. The van der Waals surface area contributed by atoms with Gasteiger partial charge in [0.15, 0.2) is 0 Å². The van der Waals surface area contributed by atoms with E-state index in [1.54, 1.807) is 0 Å². The predicted molar refractivity (Wildman–Crippen MR) is 57.8 cm³/mol. The lowest BCUT2D eigenvalue weighted by atomic mass is 10.1. The number of hydrogen-bond donors (Lipinski definition) is 1. The molecular formula is C12H19N. The summed E-state index contributed by atoms with van der Waals surface area (Å²) in [6.45, 7) is 7.53. The average Bonchev–Trinajstić information content (AvgIpc) is 2.14. The van der Waals surface area contributed by atoms with Gasteiger partial charge in [0.25, 0.3) is 0 Å². The summed E-state index contributed by atoms with van der Waals surface area (Å²) in [5, 5.41) is 3.48. The maximum absolute atomic E-state index is 3.48. The third-order valence-electron chi connectivity index (χ3n) is 2.35. The van der Waals surface area contributed by atoms with Crippen molar-refractivity contribution in [2.75, 3.05) is 0 Å². The Labute approximate surface area is 81.2 Å². The molecule has 1 nitrogen and oxygen atoms in total. The van der Waals surface area contributed by atoms with Crippen LogP contribution in [-0.4, -0.2) is 6.04 Å². The lowest BCUT2D eigenvalue weighted by Gasteiger charge is -2.11. The SMILES string of the molecule is CCC(C)NCc1cccc(C)c1. The molecule has 0 aliphatic heterocycles. The van der Waals surface area contributed by atoms with Crippen LogP contribution in [0.2, 0.25) is 0 Å². The molecule has 0 heterocycles. The predicted octanol–water partition coefficient (Wildman–Crippen LogP) is 2.88. The van der Waals surface area contributed by atoms with E-state index in [0.29, 0.717) is 6.04 Å². The quantitative estimate of drug-likeness (QED) is 0.745. The summed E-state index contributed by atoms with van der Waals surface area (Å²) in [5.74, 6) is 0. The van der Waals surface area contributed by atoms with Crippen LogP contribution in [-0.2, 0) is 6.54 Å². The van der Waals surface area contributed by atoms with E-state index < -0.39 is 0 Å². The Bertz CT molecular complexity index is 255. The van der Waals surface area contributed by atoms with Crippen molar-refractivity contribution in [3.63, 3.8) is 0 Å². The second kappa shape index (κ2) is 5.03. The van der Waals surface area contributed by atoms with Gasteiger partial charge in [0.1, 0.15) is 0 Å². The zero-order chi connectivity index (χ0) is 9.68. The number of hydrogen-bond acceptors (Lipinski definition) is 1. The van der Waals surface area contributed by atoms with Crippen molar-refractivity contribution in [2.45, 2.75) is 39.8 Å². The molecule has 1 unspecified atom stereocenters. The maximum Gasteiger partial charge on any atom is 0.0208 e. The fourth-order valence-electron chi connectivity index (χ4n) is 1.26. The van der Waals surface area contributed by atoms with E-state index in [9.17, 15) is 0 Å². The fraction of sp³-hybridized carbons (Fsp3) is 0.500. The van der Waals surface area contributed by atoms with Crippen molar-refractivity contribution in [1.82, 2.24) is 5.32 Å². The zero-order valence-electron chi connectivity index (χ0n) is 8.80. The molecule has 1 aromatic rings. The first-order valence-electron chi connectivity index (χ1n) is 5.01. The summed E-state index contributed by atoms with van der Waals surface area (Å²) < 4.78 is 0. The molecule has 0 saturated heterocycles. The Kier molecular flexibility index (Phi) is 3.97. The van der Waals surface area contributed by atoms with Crippen molar-refractivity contribution in [1.29, 1.82) is 0 Å². The molecule has 0 bridgehead atoms. The highest BCUT2D eigenvalue weighted by Crippen LogP contribution is 2.03. The van der Waals surface area contributed by atoms with Gasteiger partial charge in [-0.1, -0.05) is 36.8 Å². The Hall–Kier alpha value is -0.820. The van der Waals surface area contributed by atoms with Gasteiger partial charge in [-0.3, -0.25) is 0 Å². The highest BCUT2D eigenvalue weighted by atomic mass is 14.9. The lowest BCUT2D eigenvalue weighted by Crippen LogP contribution is -2.24. The second-order valence-electron chi connectivity index (χ2n) is 3.68. The molecular weight excluding hydrogens is 158 g/mol. The minimum Gasteiger partial charge on any atom is -0.310 e. The minimum atomic E-state index is 0.612. The summed E-state index contributed by atoms with van der Waals surface area (Å²) >= 11 is 0. The molecule has 1 N–H and O–H groups in total. The maximum atomic E-state index is 3.48. The highest BCUT2D eigenvalue weighted by molar-refractivity contribution is 5.21. The molecule has 0 radical (unpaired) electrons. The van der Waals surface area contributed by atoms with Crippen LogP contribution in [0.5, 0.6) is 0 Å². The normalized spacial score (nSPS) is 12.8. The Morgan fingerprint density at radius 1 is 1.38 bits per heavy atom. The van der Waals surface area contributed by atoms with E-state index in [1.807, 2.05) is 0 Å². The summed E-state index contributed by atoms with van der Waals surface area (Å²) in [4.78, 5) is 0. The van der Waals surface area contributed by atoms with E-state index >= 15 is 0 Å². The van der Waals surface area contributed by atoms with Gasteiger partial charge in [-0.2, -0.15) is 0 Å². The van der Waals surface area contributed by atoms with Gasteiger partial charge in [0, 0.05) is 12.6 Å². The van der Waals surface area contributed by atoms with Crippen molar-refractivity contribution >= 4 is 0 Å². The smallest absolute Gasteiger partial charge is 0.0208 e. The molecule has 1 rings (SSSR count). The largest absolute Gasteiger partial charge is 0.310 e. The molecule has 0 aliphatic rings. The van der Waals surface area contributed by atoms with E-state index in [1.165, 1.54) is 17.5 Å². The van der Waals surface area contributed by atoms with Crippen LogP contribution in [0.25, 0.3) is 0 Å². The molecule has 0 aliphatic carbocycles. The van der Waals surface area contributed by atoms with Crippen LogP contribution in [0, 0.1) is 6.92 Å². The monoisotopic (exact) mass is 177 g/mol. The van der Waals surface area contributed by atoms with Crippen LogP contribution in [0.1, 0.15) is 31.4 Å². The summed E-state index contributed by atoms with van der Waals surface area (Å²) in [5.41, 5.74) is 2.71. The fourth-order valence-corrected chi connectivity index (χ4v) is 1.26. The van der Waals surface area contributed by atoms with Gasteiger partial charge in [-0.05, 0) is 25.8 Å². The third-order valence-corrected chi connectivity index (χ3v) is 2.35. The molecule has 0 aromatic heterocycles. The van der Waals surface area contributed by atoms with Crippen molar-refractivity contribution in [3.8, 4) is 0 Å². The van der Waals surface area contributed by atoms with Crippen LogP contribution in [0.4, 0.5) is 0 Å². The first kappa shape index (κ1) is 10.3. The first-order valence-corrected chi connectivity index (χ1v) is 5.01. The van der Waals surface area contributed by atoms with Gasteiger partial charge in [-0.15, -0.1) is 0 Å². The van der Waals surface area contributed by atoms with Gasteiger partial charge in [0.2, 0.25) is 0 Å². The van der Waals surface area contributed by atoms with Crippen molar-refractivity contribution < 1.29 is 0 Å². The summed E-state index contributed by atoms with van der Waals surface area (Å²) in [6.07, 6.45) is 1.19. The van der Waals surface area contributed by atoms with Crippen LogP contribution < -0.4 is 5.32 Å². The van der Waals surface area contributed by atoms with Gasteiger partial charge < -0.3 is 5.32 Å². The van der Waals surface area contributed by atoms with Crippen LogP contribution in [0.15, 0.2) is 24.3 Å². The van der Waals surface area contributed by atoms with Gasteiger partial charge in [0.05, 0.1) is 0 Å². The van der Waals surface area contributed by atoms with Gasteiger partial charge >= 0.3 is 0 Å². The number of aryl methyl sites for hydroxylation is 1. The first-order chi connectivity index (χ1) is 6.22. The average molecular weight is 177 g/mol. The Balaban J connectivity index is 2.45. The third kappa shape index (κ3) is 3.60. The van der Waals surface area contributed by atoms with Crippen molar-refractivity contribution in [3.05, 3.63) is 35.4 Å². The summed E-state index contributed by atoms with van der Waals surface area (Å²) in [7, 11) is 0. The van der Waals surface area contributed by atoms with E-state index in [0.717, 1.165) is 6.54 Å². The van der Waals surface area contributed by atoms with Gasteiger partial charge in [-0.25, -0.2) is 0 Å². The van der Waals surface area contributed by atoms with Crippen LogP contribution in [0.3, 0.4) is 0 Å². The van der Waals surface area contributed by atoms with E-state index in [2.05, 4.69) is 50.4 Å². The molecule has 0 saturated carbocycles. The Morgan fingerprint density at radius 2 is 2.15 bits per heavy atom. The minimum absolute atomic E-state index is 0.612. The molecule has 0 amide bonds. The Morgan fingerprint density at radius 3 is 2.77 bits per heavy atom. The summed E-state index contributed by atoms with van der Waals surface area (Å²) in [6, 6.07) is 9.26. The number of benzene rings is 1. The molecule has 1 atom stereocenters. The molecule has 1 heteroatoms. The van der Waals surface area contributed by atoms with E-state index in [-0.39, 0.29) is 0 Å². The standard InChI is InChI=1S/C12H19N/c1-4-11(3)13-9-12-7-5-6-10(2)8-12/h5-8,11,13H,4,9H2,1-3H3. The molecule has 72 valence electrons. The topological polar surface area (TPSA) is 12.0 Å². The van der Waals surface area contributed by atoms with Crippen LogP contribution >= 0.6 is 0 Å². The number of rotatable bonds is 4. The van der Waals surface area contributed by atoms with Crippen molar-refractivity contribution in [2.24, 2.45) is 0 Å². The molecule has 0 fully saturated rings. The lowest BCUT2D eigenvalue weighted by molar-refractivity contribution is 0.534.